The maximum absolute atomic E-state index is 13.4. The lowest BCUT2D eigenvalue weighted by atomic mass is 9.91. The molecular weight excluding hydrogens is 410 g/mol. The highest BCUT2D eigenvalue weighted by atomic mass is 19.3. The van der Waals surface area contributed by atoms with Crippen LogP contribution in [0.25, 0.3) is 16.7 Å². The first-order chi connectivity index (χ1) is 15.2. The lowest BCUT2D eigenvalue weighted by Gasteiger charge is -2.31. The van der Waals surface area contributed by atoms with Crippen LogP contribution in [0.4, 0.5) is 14.5 Å². The van der Waals surface area contributed by atoms with Gasteiger partial charge in [0.15, 0.2) is 0 Å². The van der Waals surface area contributed by atoms with E-state index in [2.05, 4.69) is 26.6 Å². The van der Waals surface area contributed by atoms with Crippen LogP contribution in [0.2, 0.25) is 0 Å². The van der Waals surface area contributed by atoms with Gasteiger partial charge < -0.3 is 10.6 Å². The predicted molar refractivity (Wildman–Crippen MR) is 123 cm³/mol. The van der Waals surface area contributed by atoms with Crippen LogP contribution in [-0.4, -0.2) is 47.4 Å². The molecule has 2 N–H and O–H groups in total. The van der Waals surface area contributed by atoms with Crippen LogP contribution in [0.3, 0.4) is 0 Å². The molecule has 0 bridgehead atoms. The second-order valence-corrected chi connectivity index (χ2v) is 9.11. The van der Waals surface area contributed by atoms with E-state index in [1.165, 1.54) is 0 Å². The minimum atomic E-state index is -2.54. The summed E-state index contributed by atoms with van der Waals surface area (Å²) >= 11 is 0. The van der Waals surface area contributed by atoms with Crippen molar-refractivity contribution in [3.05, 3.63) is 53.4 Å². The Kier molecular flexibility index (Phi) is 6.29. The van der Waals surface area contributed by atoms with Crippen molar-refractivity contribution in [3.8, 4) is 11.1 Å². The van der Waals surface area contributed by atoms with E-state index in [1.54, 1.807) is 12.4 Å². The van der Waals surface area contributed by atoms with E-state index in [9.17, 15) is 13.6 Å². The van der Waals surface area contributed by atoms with E-state index in [1.807, 2.05) is 39.0 Å². The number of anilines is 1. The molecule has 0 spiro atoms. The fraction of sp³-hybridized carbons (Fsp3) is 0.440. The quantitative estimate of drug-likeness (QED) is 0.708. The summed E-state index contributed by atoms with van der Waals surface area (Å²) in [5, 5.41) is 6.39. The Morgan fingerprint density at radius 1 is 1.19 bits per heavy atom. The molecule has 5 nitrogen and oxygen atoms in total. The Hall–Kier alpha value is -2.80. The van der Waals surface area contributed by atoms with E-state index in [4.69, 9.17) is 0 Å². The number of likely N-dealkylation sites (tertiary alicyclic amines) is 1. The highest BCUT2D eigenvalue weighted by molar-refractivity contribution is 6.22. The number of fused-ring (bicyclic) bond motifs is 1. The maximum atomic E-state index is 13.4. The number of carbonyl (C=O) groups excluding carboxylic acids is 1. The van der Waals surface area contributed by atoms with Crippen LogP contribution < -0.4 is 10.6 Å². The largest absolute Gasteiger partial charge is 0.381 e. The number of alkyl halides is 2. The number of aromatic nitrogens is 1. The first kappa shape index (κ1) is 22.4. The van der Waals surface area contributed by atoms with Crippen molar-refractivity contribution in [3.63, 3.8) is 0 Å². The number of rotatable bonds is 5. The summed E-state index contributed by atoms with van der Waals surface area (Å²) in [5.74, 6) is -2.61. The Morgan fingerprint density at radius 3 is 2.66 bits per heavy atom. The van der Waals surface area contributed by atoms with Crippen molar-refractivity contribution in [1.29, 1.82) is 0 Å². The monoisotopic (exact) mass is 440 g/mol. The summed E-state index contributed by atoms with van der Waals surface area (Å²) in [4.78, 5) is 19.3. The van der Waals surface area contributed by atoms with Crippen molar-refractivity contribution >= 4 is 17.2 Å². The summed E-state index contributed by atoms with van der Waals surface area (Å²) in [6.07, 6.45) is 3.41. The van der Waals surface area contributed by atoms with Crippen LogP contribution >= 0.6 is 0 Å². The fourth-order valence-corrected chi connectivity index (χ4v) is 4.31. The summed E-state index contributed by atoms with van der Waals surface area (Å²) in [5.41, 5.74) is 6.44. The van der Waals surface area contributed by atoms with Crippen molar-refractivity contribution in [2.45, 2.75) is 52.1 Å². The Morgan fingerprint density at radius 2 is 1.94 bits per heavy atom. The topological polar surface area (TPSA) is 57.3 Å². The molecule has 1 saturated heterocycles. The van der Waals surface area contributed by atoms with Gasteiger partial charge in [0.05, 0.1) is 0 Å². The van der Waals surface area contributed by atoms with Gasteiger partial charge in [-0.3, -0.25) is 14.7 Å². The molecule has 0 aliphatic carbocycles. The van der Waals surface area contributed by atoms with E-state index >= 15 is 0 Å². The van der Waals surface area contributed by atoms with Crippen LogP contribution in [0.5, 0.6) is 0 Å². The Balaban J connectivity index is 1.59. The number of nitrogens with one attached hydrogen (secondary N) is 2. The molecule has 0 atom stereocenters. The smallest absolute Gasteiger partial charge is 0.252 e. The van der Waals surface area contributed by atoms with Gasteiger partial charge in [0.1, 0.15) is 0 Å². The lowest BCUT2D eigenvalue weighted by molar-refractivity contribution is -0.116. The highest BCUT2D eigenvalue weighted by Crippen LogP contribution is 2.35. The average molecular weight is 441 g/mol. The molecule has 1 aromatic carbocycles. The molecule has 4 rings (SSSR count). The zero-order chi connectivity index (χ0) is 22.9. The van der Waals surface area contributed by atoms with Gasteiger partial charge in [-0.15, -0.1) is 0 Å². The third-order valence-corrected chi connectivity index (χ3v) is 6.03. The van der Waals surface area contributed by atoms with Crippen molar-refractivity contribution in [2.24, 2.45) is 0 Å². The van der Waals surface area contributed by atoms with Crippen molar-refractivity contribution < 1.29 is 13.6 Å². The second-order valence-electron chi connectivity index (χ2n) is 9.11. The Bertz CT molecular complexity index is 1040. The number of benzene rings is 1. The van der Waals surface area contributed by atoms with Crippen LogP contribution in [0.1, 0.15) is 44.7 Å². The lowest BCUT2D eigenvalue weighted by Crippen LogP contribution is -2.38. The van der Waals surface area contributed by atoms with Crippen molar-refractivity contribution in [1.82, 2.24) is 15.2 Å². The molecule has 170 valence electrons. The molecule has 1 amide bonds. The van der Waals surface area contributed by atoms with Crippen LogP contribution in [0.15, 0.2) is 42.2 Å². The average Bonchev–Trinajstić information content (AvgIpc) is 2.74. The summed E-state index contributed by atoms with van der Waals surface area (Å²) in [6, 6.07) is 8.16. The predicted octanol–water partition coefficient (Wildman–Crippen LogP) is 4.70. The number of piperidine rings is 1. The molecule has 2 aromatic rings. The number of halogens is 2. The van der Waals surface area contributed by atoms with Gasteiger partial charge in [-0.1, -0.05) is 6.07 Å². The summed E-state index contributed by atoms with van der Waals surface area (Å²) in [7, 11) is 0. The first-order valence-electron chi connectivity index (χ1n) is 11.2. The number of pyridine rings is 1. The molecule has 7 heteroatoms. The zero-order valence-corrected chi connectivity index (χ0v) is 18.8. The molecule has 3 heterocycles. The number of nitrogens with zero attached hydrogens (tertiary/aromatic N) is 2. The van der Waals surface area contributed by atoms with E-state index in [-0.39, 0.29) is 24.8 Å². The minimum Gasteiger partial charge on any atom is -0.381 e. The van der Waals surface area contributed by atoms with E-state index < -0.39 is 5.92 Å². The van der Waals surface area contributed by atoms with E-state index in [0.29, 0.717) is 31.8 Å². The SMILES string of the molecule is CC1=C(C(=O)NC(C)C)c2cc(-c3cncc(CN4CCC(F)(F)CC4)c3)ccc2NC1. The molecule has 0 radical (unpaired) electrons. The molecule has 1 fully saturated rings. The van der Waals surface area contributed by atoms with Gasteiger partial charge in [0.25, 0.3) is 11.8 Å². The summed E-state index contributed by atoms with van der Waals surface area (Å²) in [6.45, 7) is 7.89. The number of carbonyl (C=O) groups is 1. The third kappa shape index (κ3) is 4.99. The highest BCUT2D eigenvalue weighted by Gasteiger charge is 2.33. The standard InChI is InChI=1S/C25H30F2N4O/c1-16(2)30-24(32)23-17(3)12-29-22-5-4-19(11-21(22)23)20-10-18(13-28-14-20)15-31-8-6-25(26,27)7-9-31/h4-5,10-11,13-14,16,29H,6-9,12,15H2,1-3H3,(H,30,32). The second kappa shape index (κ2) is 8.98. The number of amides is 1. The third-order valence-electron chi connectivity index (χ3n) is 6.03. The molecule has 2 aliphatic heterocycles. The molecule has 32 heavy (non-hydrogen) atoms. The Labute approximate surface area is 187 Å². The number of hydrogen-bond acceptors (Lipinski definition) is 4. The molecule has 0 unspecified atom stereocenters. The van der Waals surface area contributed by atoms with Gasteiger partial charge in [-0.2, -0.15) is 0 Å². The molecule has 1 aromatic heterocycles. The molecule has 2 aliphatic rings. The van der Waals surface area contributed by atoms with Gasteiger partial charge in [-0.25, -0.2) is 8.78 Å². The maximum Gasteiger partial charge on any atom is 0.252 e. The summed E-state index contributed by atoms with van der Waals surface area (Å²) < 4.78 is 26.9. The van der Waals surface area contributed by atoms with Gasteiger partial charge >= 0.3 is 0 Å². The van der Waals surface area contributed by atoms with Gasteiger partial charge in [0, 0.05) is 79.8 Å². The van der Waals surface area contributed by atoms with Gasteiger partial charge in [0.2, 0.25) is 0 Å². The fourth-order valence-electron chi connectivity index (χ4n) is 4.31. The minimum absolute atomic E-state index is 0.0555. The molecular formula is C25H30F2N4O. The first-order valence-corrected chi connectivity index (χ1v) is 11.2. The van der Waals surface area contributed by atoms with Gasteiger partial charge in [-0.05, 0) is 55.7 Å². The molecule has 0 saturated carbocycles. The normalized spacial score (nSPS) is 18.3. The number of hydrogen-bond donors (Lipinski definition) is 2. The van der Waals surface area contributed by atoms with Crippen LogP contribution in [0, 0.1) is 0 Å². The van der Waals surface area contributed by atoms with Crippen molar-refractivity contribution in [2.75, 3.05) is 25.0 Å². The van der Waals surface area contributed by atoms with Crippen LogP contribution in [-0.2, 0) is 11.3 Å². The zero-order valence-electron chi connectivity index (χ0n) is 18.8. The van der Waals surface area contributed by atoms with E-state index in [0.717, 1.165) is 33.5 Å².